The Bertz CT molecular complexity index is 1420. The quantitative estimate of drug-likeness (QED) is 0.415. The molecular formula is C26H29N9O. The lowest BCUT2D eigenvalue weighted by Crippen LogP contribution is -2.47. The topological polar surface area (TPSA) is 98.6 Å². The number of hydrogen-bond donors (Lipinski definition) is 0. The van der Waals surface area contributed by atoms with Crippen LogP contribution in [0, 0.1) is 11.3 Å². The van der Waals surface area contributed by atoms with Gasteiger partial charge in [-0.25, -0.2) is 9.50 Å². The van der Waals surface area contributed by atoms with Gasteiger partial charge in [0, 0.05) is 101 Å². The van der Waals surface area contributed by atoms with E-state index in [1.54, 1.807) is 34.4 Å². The molecule has 0 radical (unpaired) electrons. The fourth-order valence-electron chi connectivity index (χ4n) is 4.56. The van der Waals surface area contributed by atoms with Crippen LogP contribution < -0.4 is 4.90 Å². The molecule has 0 aliphatic carbocycles. The maximum atomic E-state index is 11.9. The summed E-state index contributed by atoms with van der Waals surface area (Å²) in [4.78, 5) is 22.9. The summed E-state index contributed by atoms with van der Waals surface area (Å²) in [6.07, 6.45) is 9.71. The number of hydrogen-bond acceptors (Lipinski definition) is 7. The van der Waals surface area contributed by atoms with E-state index in [9.17, 15) is 10.1 Å². The smallest absolute Gasteiger partial charge is 0.223 e. The minimum absolute atomic E-state index is 0.161. The van der Waals surface area contributed by atoms with Crippen LogP contribution in [0.15, 0.2) is 49.2 Å². The number of pyridine rings is 2. The first-order valence-corrected chi connectivity index (χ1v) is 12.0. The van der Waals surface area contributed by atoms with Crippen LogP contribution in [0.2, 0.25) is 0 Å². The Morgan fingerprint density at radius 2 is 1.83 bits per heavy atom. The zero-order valence-electron chi connectivity index (χ0n) is 20.8. The van der Waals surface area contributed by atoms with Gasteiger partial charge in [-0.3, -0.25) is 14.4 Å². The summed E-state index contributed by atoms with van der Waals surface area (Å²) in [7, 11) is 5.48. The van der Waals surface area contributed by atoms with Crippen molar-refractivity contribution in [3.63, 3.8) is 0 Å². The van der Waals surface area contributed by atoms with Crippen LogP contribution >= 0.6 is 0 Å². The molecule has 0 bridgehead atoms. The number of carbonyl (C=O) groups excluding carboxylic acids is 1. The number of amides is 1. The molecule has 0 N–H and O–H groups in total. The van der Waals surface area contributed by atoms with Gasteiger partial charge in [0.25, 0.3) is 0 Å². The molecule has 36 heavy (non-hydrogen) atoms. The molecule has 184 valence electrons. The van der Waals surface area contributed by atoms with Gasteiger partial charge in [-0.05, 0) is 18.2 Å². The highest BCUT2D eigenvalue weighted by molar-refractivity contribution is 5.87. The highest BCUT2D eigenvalue weighted by Crippen LogP contribution is 2.32. The summed E-state index contributed by atoms with van der Waals surface area (Å²) in [6.45, 7) is 4.32. The fourth-order valence-corrected chi connectivity index (χ4v) is 4.56. The number of aromatic nitrogens is 5. The first-order valence-electron chi connectivity index (χ1n) is 12.0. The minimum Gasteiger partial charge on any atom is -0.354 e. The molecule has 0 unspecified atom stereocenters. The molecule has 5 rings (SSSR count). The molecule has 0 spiro atoms. The maximum absolute atomic E-state index is 11.9. The molecule has 1 aliphatic heterocycles. The van der Waals surface area contributed by atoms with Gasteiger partial charge in [0.05, 0.1) is 23.5 Å². The zero-order chi connectivity index (χ0) is 25.2. The first kappa shape index (κ1) is 23.5. The van der Waals surface area contributed by atoms with E-state index in [4.69, 9.17) is 4.98 Å². The van der Waals surface area contributed by atoms with Gasteiger partial charge in [0.1, 0.15) is 11.9 Å². The third-order valence-electron chi connectivity index (χ3n) is 6.67. The van der Waals surface area contributed by atoms with Gasteiger partial charge in [0.2, 0.25) is 5.91 Å². The number of nitriles is 1. The standard InChI is InChI=1S/C26H29N9O/c1-31(2)25(36)6-7-33-8-10-34(11-9-33)24-5-4-19(14-28-24)23-12-20(22-16-29-32(3)17-22)18-35-26(23)21(13-27)15-30-35/h4-5,12,14-18H,6-11H2,1-3H3. The molecule has 5 heterocycles. The lowest BCUT2D eigenvalue weighted by Gasteiger charge is -2.35. The molecule has 1 aliphatic rings. The molecule has 0 aromatic carbocycles. The van der Waals surface area contributed by atoms with Crippen LogP contribution in [0.3, 0.4) is 0 Å². The Hall–Kier alpha value is -4.23. The third-order valence-corrected chi connectivity index (χ3v) is 6.67. The van der Waals surface area contributed by atoms with Gasteiger partial charge in [-0.2, -0.15) is 15.5 Å². The number of piperazine rings is 1. The van der Waals surface area contributed by atoms with Crippen molar-refractivity contribution < 1.29 is 4.79 Å². The zero-order valence-corrected chi connectivity index (χ0v) is 20.8. The second-order valence-corrected chi connectivity index (χ2v) is 9.28. The number of fused-ring (bicyclic) bond motifs is 1. The van der Waals surface area contributed by atoms with Gasteiger partial charge in [0.15, 0.2) is 0 Å². The van der Waals surface area contributed by atoms with E-state index in [0.29, 0.717) is 12.0 Å². The Balaban J connectivity index is 1.36. The molecule has 4 aromatic rings. The van der Waals surface area contributed by atoms with E-state index in [-0.39, 0.29) is 5.91 Å². The van der Waals surface area contributed by atoms with Crippen LogP contribution in [0.5, 0.6) is 0 Å². The summed E-state index contributed by atoms with van der Waals surface area (Å²) in [5.41, 5.74) is 5.05. The summed E-state index contributed by atoms with van der Waals surface area (Å²) < 4.78 is 3.52. The normalized spacial score (nSPS) is 14.2. The van der Waals surface area contributed by atoms with Crippen LogP contribution in [0.25, 0.3) is 27.8 Å². The van der Waals surface area contributed by atoms with Crippen molar-refractivity contribution in [3.8, 4) is 28.3 Å². The van der Waals surface area contributed by atoms with Gasteiger partial charge >= 0.3 is 0 Å². The fraction of sp³-hybridized carbons (Fsp3) is 0.346. The van der Waals surface area contributed by atoms with Crippen LogP contribution in [-0.4, -0.2) is 86.9 Å². The van der Waals surface area contributed by atoms with Gasteiger partial charge in [-0.1, -0.05) is 0 Å². The van der Waals surface area contributed by atoms with Crippen molar-refractivity contribution >= 4 is 17.2 Å². The number of anilines is 1. The van der Waals surface area contributed by atoms with Crippen molar-refractivity contribution in [2.24, 2.45) is 7.05 Å². The molecule has 0 saturated carbocycles. The van der Waals surface area contributed by atoms with Crippen molar-refractivity contribution in [1.82, 2.24) is 34.2 Å². The van der Waals surface area contributed by atoms with E-state index < -0.39 is 0 Å². The first-order chi connectivity index (χ1) is 17.4. The van der Waals surface area contributed by atoms with Crippen LogP contribution in [-0.2, 0) is 11.8 Å². The lowest BCUT2D eigenvalue weighted by atomic mass is 10.0. The largest absolute Gasteiger partial charge is 0.354 e. The second-order valence-electron chi connectivity index (χ2n) is 9.28. The SMILES string of the molecule is CN(C)C(=O)CCN1CCN(c2ccc(-c3cc(-c4cnn(C)c4)cn4ncc(C#N)c34)cn2)CC1. The minimum atomic E-state index is 0.161. The molecule has 0 atom stereocenters. The summed E-state index contributed by atoms with van der Waals surface area (Å²) in [5.74, 6) is 1.09. The number of carbonyl (C=O) groups is 1. The molecule has 1 amide bonds. The second kappa shape index (κ2) is 9.79. The third kappa shape index (κ3) is 4.65. The van der Waals surface area contributed by atoms with Crippen molar-refractivity contribution in [3.05, 3.63) is 54.7 Å². The molecular weight excluding hydrogens is 454 g/mol. The van der Waals surface area contributed by atoms with E-state index in [2.05, 4.69) is 38.2 Å². The summed E-state index contributed by atoms with van der Waals surface area (Å²) in [6, 6.07) is 8.42. The molecule has 10 heteroatoms. The van der Waals surface area contributed by atoms with Gasteiger partial charge in [-0.15, -0.1) is 0 Å². The van der Waals surface area contributed by atoms with E-state index in [0.717, 1.165) is 66.3 Å². The summed E-state index contributed by atoms with van der Waals surface area (Å²) >= 11 is 0. The molecule has 10 nitrogen and oxygen atoms in total. The Labute approximate surface area is 210 Å². The Kier molecular flexibility index (Phi) is 6.40. The van der Waals surface area contributed by atoms with Crippen molar-refractivity contribution in [2.45, 2.75) is 6.42 Å². The highest BCUT2D eigenvalue weighted by Gasteiger charge is 2.20. The van der Waals surface area contributed by atoms with Crippen molar-refractivity contribution in [1.29, 1.82) is 5.26 Å². The molecule has 1 saturated heterocycles. The average Bonchev–Trinajstić information content (AvgIpc) is 3.53. The monoisotopic (exact) mass is 483 g/mol. The number of aryl methyl sites for hydroxylation is 1. The Morgan fingerprint density at radius 3 is 2.47 bits per heavy atom. The van der Waals surface area contributed by atoms with Crippen LogP contribution in [0.1, 0.15) is 12.0 Å². The molecule has 4 aromatic heterocycles. The van der Waals surface area contributed by atoms with E-state index in [1.807, 2.05) is 37.9 Å². The number of nitrogens with zero attached hydrogens (tertiary/aromatic N) is 9. The van der Waals surface area contributed by atoms with Crippen LogP contribution in [0.4, 0.5) is 5.82 Å². The summed E-state index contributed by atoms with van der Waals surface area (Å²) in [5, 5.41) is 18.4. The number of rotatable bonds is 6. The van der Waals surface area contributed by atoms with E-state index in [1.165, 1.54) is 0 Å². The van der Waals surface area contributed by atoms with Gasteiger partial charge < -0.3 is 9.80 Å². The predicted octanol–water partition coefficient (Wildman–Crippen LogP) is 2.27. The lowest BCUT2D eigenvalue weighted by molar-refractivity contribution is -0.129. The molecule has 1 fully saturated rings. The maximum Gasteiger partial charge on any atom is 0.223 e. The average molecular weight is 484 g/mol. The van der Waals surface area contributed by atoms with Crippen molar-refractivity contribution in [2.75, 3.05) is 51.7 Å². The van der Waals surface area contributed by atoms with E-state index >= 15 is 0 Å². The highest BCUT2D eigenvalue weighted by atomic mass is 16.2. The predicted molar refractivity (Wildman–Crippen MR) is 137 cm³/mol. The Morgan fingerprint density at radius 1 is 1.03 bits per heavy atom.